The van der Waals surface area contributed by atoms with Crippen LogP contribution in [0.3, 0.4) is 0 Å². The number of fused-ring (bicyclic) bond motifs is 1. The highest BCUT2D eigenvalue weighted by Gasteiger charge is 2.31. The molecule has 1 aliphatic heterocycles. The summed E-state index contributed by atoms with van der Waals surface area (Å²) in [5.74, 6) is -1.30. The average Bonchev–Trinajstić information content (AvgIpc) is 3.02. The lowest BCUT2D eigenvalue weighted by Crippen LogP contribution is -2.36. The Labute approximate surface area is 151 Å². The molecule has 2 aromatic carbocycles. The van der Waals surface area contributed by atoms with Crippen LogP contribution >= 0.6 is 0 Å². The van der Waals surface area contributed by atoms with Crippen LogP contribution in [0.5, 0.6) is 0 Å². The molecule has 0 amide bonds. The minimum Gasteiger partial charge on any atom is -0.481 e. The standard InChI is InChI=1S/C20H20N4O2/c1-23-18(19(21-22-23)14-7-3-2-4-8-14)13-24-11-15-9-5-6-10-16(15)17(12-24)20(25)26/h2-10,17H,11-13H2,1H3,(H,25,26). The van der Waals surface area contributed by atoms with Gasteiger partial charge < -0.3 is 5.11 Å². The van der Waals surface area contributed by atoms with Gasteiger partial charge in [0.05, 0.1) is 11.6 Å². The zero-order valence-corrected chi connectivity index (χ0v) is 14.5. The van der Waals surface area contributed by atoms with E-state index in [2.05, 4.69) is 15.2 Å². The normalized spacial score (nSPS) is 17.0. The molecule has 1 unspecified atom stereocenters. The summed E-state index contributed by atoms with van der Waals surface area (Å²) < 4.78 is 1.78. The first-order valence-corrected chi connectivity index (χ1v) is 8.60. The lowest BCUT2D eigenvalue weighted by Gasteiger charge is -2.32. The third kappa shape index (κ3) is 2.99. The summed E-state index contributed by atoms with van der Waals surface area (Å²) in [6, 6.07) is 17.8. The SMILES string of the molecule is Cn1nnc(-c2ccccc2)c1CN1Cc2ccccc2C(C(=O)O)C1. The van der Waals surface area contributed by atoms with E-state index >= 15 is 0 Å². The van der Waals surface area contributed by atoms with E-state index in [1.807, 2.05) is 61.6 Å². The number of carboxylic acid groups (broad SMARTS) is 1. The van der Waals surface area contributed by atoms with Gasteiger partial charge in [-0.15, -0.1) is 5.10 Å². The molecular weight excluding hydrogens is 328 g/mol. The minimum atomic E-state index is -0.784. The molecule has 26 heavy (non-hydrogen) atoms. The highest BCUT2D eigenvalue weighted by molar-refractivity contribution is 5.77. The maximum atomic E-state index is 11.8. The molecule has 1 atom stereocenters. The van der Waals surface area contributed by atoms with E-state index in [-0.39, 0.29) is 0 Å². The maximum absolute atomic E-state index is 11.8. The second kappa shape index (κ2) is 6.72. The third-order valence-electron chi connectivity index (χ3n) is 4.93. The van der Waals surface area contributed by atoms with Gasteiger partial charge in [0.2, 0.25) is 0 Å². The van der Waals surface area contributed by atoms with Gasteiger partial charge in [0.25, 0.3) is 0 Å². The van der Waals surface area contributed by atoms with Gasteiger partial charge in [-0.25, -0.2) is 0 Å². The van der Waals surface area contributed by atoms with E-state index < -0.39 is 11.9 Å². The number of hydrogen-bond donors (Lipinski definition) is 1. The molecule has 0 saturated heterocycles. The van der Waals surface area contributed by atoms with E-state index in [1.165, 1.54) is 0 Å². The molecule has 0 radical (unpaired) electrons. The van der Waals surface area contributed by atoms with Gasteiger partial charge in [-0.05, 0) is 11.1 Å². The second-order valence-corrected chi connectivity index (χ2v) is 6.63. The molecule has 132 valence electrons. The Morgan fingerprint density at radius 2 is 1.88 bits per heavy atom. The average molecular weight is 348 g/mol. The molecule has 3 aromatic rings. The lowest BCUT2D eigenvalue weighted by atomic mass is 9.89. The summed E-state index contributed by atoms with van der Waals surface area (Å²) in [6.07, 6.45) is 0. The van der Waals surface area contributed by atoms with Crippen molar-refractivity contribution >= 4 is 5.97 Å². The fraction of sp³-hybridized carbons (Fsp3) is 0.250. The van der Waals surface area contributed by atoms with Crippen LogP contribution in [0.15, 0.2) is 54.6 Å². The third-order valence-corrected chi connectivity index (χ3v) is 4.93. The fourth-order valence-electron chi connectivity index (χ4n) is 3.60. The van der Waals surface area contributed by atoms with E-state index in [9.17, 15) is 9.90 Å². The van der Waals surface area contributed by atoms with Gasteiger partial charge in [0.1, 0.15) is 5.69 Å². The molecule has 2 heterocycles. The first-order valence-electron chi connectivity index (χ1n) is 8.60. The van der Waals surface area contributed by atoms with Crippen molar-refractivity contribution in [2.45, 2.75) is 19.0 Å². The molecule has 6 heteroatoms. The van der Waals surface area contributed by atoms with Gasteiger partial charge >= 0.3 is 5.97 Å². The number of benzene rings is 2. The molecule has 0 spiro atoms. The van der Waals surface area contributed by atoms with E-state index in [4.69, 9.17) is 0 Å². The van der Waals surface area contributed by atoms with Gasteiger partial charge in [-0.2, -0.15) is 0 Å². The van der Waals surface area contributed by atoms with Crippen LogP contribution in [0.2, 0.25) is 0 Å². The summed E-state index contributed by atoms with van der Waals surface area (Å²) in [4.78, 5) is 13.9. The van der Waals surface area contributed by atoms with Crippen molar-refractivity contribution in [3.63, 3.8) is 0 Å². The Morgan fingerprint density at radius 3 is 2.65 bits per heavy atom. The maximum Gasteiger partial charge on any atom is 0.312 e. The Morgan fingerprint density at radius 1 is 1.15 bits per heavy atom. The Bertz CT molecular complexity index is 936. The zero-order valence-electron chi connectivity index (χ0n) is 14.5. The van der Waals surface area contributed by atoms with E-state index in [0.29, 0.717) is 13.1 Å². The van der Waals surface area contributed by atoms with Crippen LogP contribution in [-0.4, -0.2) is 37.5 Å². The highest BCUT2D eigenvalue weighted by Crippen LogP contribution is 2.30. The topological polar surface area (TPSA) is 71.2 Å². The molecule has 1 aliphatic rings. The number of aromatic nitrogens is 3. The number of nitrogens with zero attached hydrogens (tertiary/aromatic N) is 4. The Balaban J connectivity index is 1.65. The van der Waals surface area contributed by atoms with Crippen LogP contribution in [0.25, 0.3) is 11.3 Å². The van der Waals surface area contributed by atoms with Gasteiger partial charge in [0.15, 0.2) is 0 Å². The fourth-order valence-corrected chi connectivity index (χ4v) is 3.60. The molecule has 6 nitrogen and oxygen atoms in total. The van der Waals surface area contributed by atoms with Crippen molar-refractivity contribution in [2.75, 3.05) is 6.54 Å². The van der Waals surface area contributed by atoms with E-state index in [1.54, 1.807) is 4.68 Å². The molecular formula is C20H20N4O2. The molecule has 0 bridgehead atoms. The predicted octanol–water partition coefficient (Wildman–Crippen LogP) is 2.67. The first kappa shape index (κ1) is 16.5. The quantitative estimate of drug-likeness (QED) is 0.785. The van der Waals surface area contributed by atoms with Crippen molar-refractivity contribution in [1.82, 2.24) is 19.9 Å². The van der Waals surface area contributed by atoms with Crippen LogP contribution in [0.1, 0.15) is 22.7 Å². The van der Waals surface area contributed by atoms with Crippen LogP contribution in [-0.2, 0) is 24.9 Å². The van der Waals surface area contributed by atoms with Crippen LogP contribution < -0.4 is 0 Å². The van der Waals surface area contributed by atoms with Gasteiger partial charge in [0, 0.05) is 32.2 Å². The molecule has 4 rings (SSSR count). The van der Waals surface area contributed by atoms with Crippen LogP contribution in [0, 0.1) is 0 Å². The molecule has 1 N–H and O–H groups in total. The van der Waals surface area contributed by atoms with Gasteiger partial charge in [-0.3, -0.25) is 14.4 Å². The van der Waals surface area contributed by atoms with Crippen molar-refractivity contribution in [3.8, 4) is 11.3 Å². The second-order valence-electron chi connectivity index (χ2n) is 6.63. The number of hydrogen-bond acceptors (Lipinski definition) is 4. The molecule has 0 saturated carbocycles. The Kier molecular flexibility index (Phi) is 4.26. The number of aliphatic carboxylic acids is 1. The molecule has 1 aromatic heterocycles. The first-order chi connectivity index (χ1) is 12.6. The zero-order chi connectivity index (χ0) is 18.1. The summed E-state index contributed by atoms with van der Waals surface area (Å²) in [7, 11) is 1.88. The van der Waals surface area contributed by atoms with Gasteiger partial charge in [-0.1, -0.05) is 59.8 Å². The number of carbonyl (C=O) groups is 1. The summed E-state index contributed by atoms with van der Waals surface area (Å²) >= 11 is 0. The van der Waals surface area contributed by atoms with Crippen molar-refractivity contribution in [1.29, 1.82) is 0 Å². The lowest BCUT2D eigenvalue weighted by molar-refractivity contribution is -0.139. The van der Waals surface area contributed by atoms with Crippen molar-refractivity contribution in [2.24, 2.45) is 7.05 Å². The largest absolute Gasteiger partial charge is 0.481 e. The Hall–Kier alpha value is -2.99. The highest BCUT2D eigenvalue weighted by atomic mass is 16.4. The van der Waals surface area contributed by atoms with E-state index in [0.717, 1.165) is 34.6 Å². The summed E-state index contributed by atoms with van der Waals surface area (Å²) in [5, 5.41) is 18.2. The summed E-state index contributed by atoms with van der Waals surface area (Å²) in [6.45, 7) is 1.80. The van der Waals surface area contributed by atoms with Crippen molar-refractivity contribution < 1.29 is 9.90 Å². The molecule has 0 aliphatic carbocycles. The number of rotatable bonds is 4. The predicted molar refractivity (Wildman–Crippen MR) is 97.4 cm³/mol. The number of carboxylic acids is 1. The van der Waals surface area contributed by atoms with Crippen LogP contribution in [0.4, 0.5) is 0 Å². The monoisotopic (exact) mass is 348 g/mol. The number of aryl methyl sites for hydroxylation is 1. The van der Waals surface area contributed by atoms with Crippen molar-refractivity contribution in [3.05, 3.63) is 71.4 Å². The molecule has 0 fully saturated rings. The minimum absolute atomic E-state index is 0.478. The summed E-state index contributed by atoms with van der Waals surface area (Å²) in [5.41, 5.74) is 4.84. The smallest absolute Gasteiger partial charge is 0.312 e.